The van der Waals surface area contributed by atoms with E-state index in [1.807, 2.05) is 47.2 Å². The summed E-state index contributed by atoms with van der Waals surface area (Å²) in [6.07, 6.45) is 5.44. The number of nitrogens with one attached hydrogen (secondary N) is 2. The molecule has 2 N–H and O–H groups in total. The molecular weight excluding hydrogens is 340 g/mol. The van der Waals surface area contributed by atoms with Gasteiger partial charge in [-0.15, -0.1) is 0 Å². The molecule has 0 saturated carbocycles. The molecule has 6 heteroatoms. The van der Waals surface area contributed by atoms with Crippen LogP contribution in [0.4, 0.5) is 0 Å². The Balaban J connectivity index is 1.42. The molecule has 4 aromatic rings. The molecule has 0 fully saturated rings. The SMILES string of the molecule is O=C(NCc1ccc(Cn2ccnc2)cc1)c1cc2ccccc2c(=O)[nH]1. The predicted molar refractivity (Wildman–Crippen MR) is 104 cm³/mol. The van der Waals surface area contributed by atoms with E-state index in [0.29, 0.717) is 11.9 Å². The van der Waals surface area contributed by atoms with E-state index < -0.39 is 0 Å². The molecule has 0 radical (unpaired) electrons. The molecule has 0 aliphatic rings. The number of imidazole rings is 1. The number of nitrogens with zero attached hydrogens (tertiary/aromatic N) is 2. The van der Waals surface area contributed by atoms with Crippen molar-refractivity contribution >= 4 is 16.7 Å². The van der Waals surface area contributed by atoms with Gasteiger partial charge in [0.2, 0.25) is 0 Å². The fourth-order valence-electron chi connectivity index (χ4n) is 2.96. The van der Waals surface area contributed by atoms with E-state index in [9.17, 15) is 9.59 Å². The van der Waals surface area contributed by atoms with E-state index in [1.54, 1.807) is 30.7 Å². The quantitative estimate of drug-likeness (QED) is 0.576. The highest BCUT2D eigenvalue weighted by molar-refractivity contribution is 5.96. The molecule has 4 rings (SSSR count). The number of fused-ring (bicyclic) bond motifs is 1. The second-order valence-corrected chi connectivity index (χ2v) is 6.33. The van der Waals surface area contributed by atoms with E-state index in [4.69, 9.17) is 0 Å². The lowest BCUT2D eigenvalue weighted by atomic mass is 10.1. The van der Waals surface area contributed by atoms with Crippen LogP contribution in [0.5, 0.6) is 0 Å². The standard InChI is InChI=1S/C21H18N4O2/c26-20-18-4-2-1-3-17(18)11-19(24-20)21(27)23-12-15-5-7-16(8-6-15)13-25-10-9-22-14-25/h1-11,14H,12-13H2,(H,23,27)(H,24,26). The molecule has 1 amide bonds. The second kappa shape index (κ2) is 7.29. The average Bonchev–Trinajstić information content (AvgIpc) is 3.20. The normalized spacial score (nSPS) is 10.8. The van der Waals surface area contributed by atoms with Crippen molar-refractivity contribution in [3.8, 4) is 0 Å². The van der Waals surface area contributed by atoms with Gasteiger partial charge in [0.05, 0.1) is 6.33 Å². The molecule has 0 spiro atoms. The Kier molecular flexibility index (Phi) is 4.53. The molecule has 2 heterocycles. The third kappa shape index (κ3) is 3.79. The molecule has 6 nitrogen and oxygen atoms in total. The first-order valence-corrected chi connectivity index (χ1v) is 8.63. The van der Waals surface area contributed by atoms with Gasteiger partial charge in [0.25, 0.3) is 11.5 Å². The lowest BCUT2D eigenvalue weighted by Crippen LogP contribution is -2.26. The van der Waals surface area contributed by atoms with Gasteiger partial charge in [-0.1, -0.05) is 42.5 Å². The van der Waals surface area contributed by atoms with E-state index in [0.717, 1.165) is 23.1 Å². The fraction of sp³-hybridized carbons (Fsp3) is 0.0952. The number of pyridine rings is 1. The van der Waals surface area contributed by atoms with Crippen LogP contribution in [0.3, 0.4) is 0 Å². The van der Waals surface area contributed by atoms with Crippen LogP contribution in [0, 0.1) is 0 Å². The van der Waals surface area contributed by atoms with E-state index in [-0.39, 0.29) is 17.2 Å². The largest absolute Gasteiger partial charge is 0.347 e. The average molecular weight is 358 g/mol. The van der Waals surface area contributed by atoms with Crippen LogP contribution in [0.2, 0.25) is 0 Å². The first kappa shape index (κ1) is 16.8. The summed E-state index contributed by atoms with van der Waals surface area (Å²) in [5.74, 6) is -0.305. The number of benzene rings is 2. The zero-order valence-electron chi connectivity index (χ0n) is 14.6. The van der Waals surface area contributed by atoms with Gasteiger partial charge in [-0.3, -0.25) is 9.59 Å². The highest BCUT2D eigenvalue weighted by Gasteiger charge is 2.09. The molecule has 0 atom stereocenters. The molecule has 2 aromatic carbocycles. The Bertz CT molecular complexity index is 1130. The highest BCUT2D eigenvalue weighted by Crippen LogP contribution is 2.10. The molecule has 2 aromatic heterocycles. The smallest absolute Gasteiger partial charge is 0.268 e. The van der Waals surface area contributed by atoms with Crippen molar-refractivity contribution < 1.29 is 4.79 Å². The molecule has 0 aliphatic heterocycles. The molecule has 134 valence electrons. The Hall–Kier alpha value is -3.67. The predicted octanol–water partition coefficient (Wildman–Crippen LogP) is 2.70. The minimum absolute atomic E-state index is 0.260. The Morgan fingerprint density at radius 2 is 1.85 bits per heavy atom. The highest BCUT2D eigenvalue weighted by atomic mass is 16.2. The van der Waals surface area contributed by atoms with Crippen molar-refractivity contribution in [3.63, 3.8) is 0 Å². The number of hydrogen-bond donors (Lipinski definition) is 2. The molecule has 27 heavy (non-hydrogen) atoms. The summed E-state index contributed by atoms with van der Waals surface area (Å²) in [7, 11) is 0. The maximum Gasteiger partial charge on any atom is 0.268 e. The topological polar surface area (TPSA) is 79.8 Å². The summed E-state index contributed by atoms with van der Waals surface area (Å²) < 4.78 is 1.99. The Morgan fingerprint density at radius 1 is 1.07 bits per heavy atom. The summed E-state index contributed by atoms with van der Waals surface area (Å²) >= 11 is 0. The second-order valence-electron chi connectivity index (χ2n) is 6.33. The first-order valence-electron chi connectivity index (χ1n) is 8.63. The summed E-state index contributed by atoms with van der Waals surface area (Å²) in [6, 6.07) is 16.9. The van der Waals surface area contributed by atoms with Gasteiger partial charge in [-0.25, -0.2) is 4.98 Å². The number of aromatic nitrogens is 3. The van der Waals surface area contributed by atoms with Crippen LogP contribution in [-0.4, -0.2) is 20.4 Å². The summed E-state index contributed by atoms with van der Waals surface area (Å²) in [4.78, 5) is 31.2. The molecule has 0 saturated heterocycles. The van der Waals surface area contributed by atoms with Gasteiger partial charge in [0, 0.05) is 30.9 Å². The number of rotatable bonds is 5. The number of carbonyl (C=O) groups excluding carboxylic acids is 1. The minimum Gasteiger partial charge on any atom is -0.347 e. The van der Waals surface area contributed by atoms with Crippen molar-refractivity contribution in [2.75, 3.05) is 0 Å². The molecule has 0 aliphatic carbocycles. The monoisotopic (exact) mass is 358 g/mol. The Labute approximate surface area is 155 Å². The van der Waals surface area contributed by atoms with Crippen LogP contribution in [0.15, 0.2) is 78.1 Å². The summed E-state index contributed by atoms with van der Waals surface area (Å²) in [5, 5.41) is 4.17. The Morgan fingerprint density at radius 3 is 2.63 bits per heavy atom. The van der Waals surface area contributed by atoms with Crippen LogP contribution in [-0.2, 0) is 13.1 Å². The van der Waals surface area contributed by atoms with Gasteiger partial charge in [-0.2, -0.15) is 0 Å². The molecular formula is C21H18N4O2. The number of aromatic amines is 1. The maximum absolute atomic E-state index is 12.4. The minimum atomic E-state index is -0.305. The van der Waals surface area contributed by atoms with E-state index in [1.165, 1.54) is 0 Å². The van der Waals surface area contributed by atoms with Gasteiger partial charge >= 0.3 is 0 Å². The third-order valence-electron chi connectivity index (χ3n) is 4.40. The fourth-order valence-corrected chi connectivity index (χ4v) is 2.96. The molecule has 0 bridgehead atoms. The van der Waals surface area contributed by atoms with Crippen LogP contribution in [0.1, 0.15) is 21.6 Å². The van der Waals surface area contributed by atoms with Crippen LogP contribution in [0.25, 0.3) is 10.8 Å². The van der Waals surface area contributed by atoms with Crippen LogP contribution >= 0.6 is 0 Å². The van der Waals surface area contributed by atoms with Gasteiger partial charge in [0.1, 0.15) is 5.69 Å². The van der Waals surface area contributed by atoms with Gasteiger partial charge < -0.3 is 14.9 Å². The van der Waals surface area contributed by atoms with E-state index >= 15 is 0 Å². The summed E-state index contributed by atoms with van der Waals surface area (Å²) in [5.41, 5.74) is 2.14. The van der Waals surface area contributed by atoms with Crippen molar-refractivity contribution in [3.05, 3.63) is 100 Å². The number of hydrogen-bond acceptors (Lipinski definition) is 3. The third-order valence-corrected chi connectivity index (χ3v) is 4.40. The van der Waals surface area contributed by atoms with Crippen molar-refractivity contribution in [2.45, 2.75) is 13.1 Å². The zero-order chi connectivity index (χ0) is 18.6. The number of H-pyrrole nitrogens is 1. The lowest BCUT2D eigenvalue weighted by Gasteiger charge is -2.08. The van der Waals surface area contributed by atoms with Gasteiger partial charge in [-0.05, 0) is 28.6 Å². The van der Waals surface area contributed by atoms with Gasteiger partial charge in [0.15, 0.2) is 0 Å². The lowest BCUT2D eigenvalue weighted by molar-refractivity contribution is 0.0946. The van der Waals surface area contributed by atoms with Crippen molar-refractivity contribution in [2.24, 2.45) is 0 Å². The number of amides is 1. The molecule has 0 unspecified atom stereocenters. The zero-order valence-corrected chi connectivity index (χ0v) is 14.6. The van der Waals surface area contributed by atoms with Crippen LogP contribution < -0.4 is 10.9 Å². The van der Waals surface area contributed by atoms with Crippen molar-refractivity contribution in [1.82, 2.24) is 19.9 Å². The van der Waals surface area contributed by atoms with E-state index in [2.05, 4.69) is 15.3 Å². The number of carbonyl (C=O) groups is 1. The maximum atomic E-state index is 12.4. The first-order chi connectivity index (χ1) is 13.2. The van der Waals surface area contributed by atoms with Crippen molar-refractivity contribution in [1.29, 1.82) is 0 Å². The summed E-state index contributed by atoms with van der Waals surface area (Å²) in [6.45, 7) is 1.14.